The molecule has 0 radical (unpaired) electrons. The van der Waals surface area contributed by atoms with E-state index >= 15 is 0 Å². The van der Waals surface area contributed by atoms with E-state index in [0.29, 0.717) is 11.4 Å². The number of pyridine rings is 1. The number of anilines is 1. The predicted molar refractivity (Wildman–Crippen MR) is 53.7 cm³/mol. The summed E-state index contributed by atoms with van der Waals surface area (Å²) in [5, 5.41) is 4.71. The zero-order valence-electron chi connectivity index (χ0n) is 7.88. The van der Waals surface area contributed by atoms with Crippen LogP contribution in [0.1, 0.15) is 12.8 Å². The Morgan fingerprint density at radius 1 is 1.47 bits per heavy atom. The first-order chi connectivity index (χ1) is 6.97. The van der Waals surface area contributed by atoms with E-state index in [1.165, 1.54) is 12.3 Å². The fraction of sp³-hybridized carbons (Fsp3) is 0.375. The highest BCUT2D eigenvalue weighted by Gasteiger charge is 2.25. The van der Waals surface area contributed by atoms with Crippen LogP contribution in [0.2, 0.25) is 0 Å². The highest BCUT2D eigenvalue weighted by Crippen LogP contribution is 2.30. The van der Waals surface area contributed by atoms with Crippen LogP contribution < -0.4 is 15.6 Å². The molecule has 82 valence electrons. The molecule has 1 aromatic heterocycles. The van der Waals surface area contributed by atoms with Gasteiger partial charge in [-0.25, -0.2) is 18.5 Å². The summed E-state index contributed by atoms with van der Waals surface area (Å²) in [7, 11) is -3.80. The van der Waals surface area contributed by atoms with E-state index in [4.69, 9.17) is 15.6 Å². The minimum Gasteiger partial charge on any atom is -0.488 e. The van der Waals surface area contributed by atoms with Gasteiger partial charge < -0.3 is 10.5 Å². The molecule has 0 aliphatic heterocycles. The number of nitrogens with zero attached hydrogens (tertiary/aromatic N) is 1. The van der Waals surface area contributed by atoms with E-state index in [-0.39, 0.29) is 11.1 Å². The van der Waals surface area contributed by atoms with Gasteiger partial charge in [0.1, 0.15) is 5.75 Å². The molecule has 0 saturated heterocycles. The third kappa shape index (κ3) is 2.37. The lowest BCUT2D eigenvalue weighted by Crippen LogP contribution is -2.14. The summed E-state index contributed by atoms with van der Waals surface area (Å²) in [6.45, 7) is 0. The van der Waals surface area contributed by atoms with Crippen molar-refractivity contribution in [1.29, 1.82) is 0 Å². The monoisotopic (exact) mass is 229 g/mol. The van der Waals surface area contributed by atoms with Crippen molar-refractivity contribution in [3.63, 3.8) is 0 Å². The second-order valence-electron chi connectivity index (χ2n) is 3.42. The van der Waals surface area contributed by atoms with Gasteiger partial charge in [-0.1, -0.05) is 0 Å². The van der Waals surface area contributed by atoms with Crippen LogP contribution in [0.25, 0.3) is 0 Å². The Labute approximate surface area is 87.3 Å². The summed E-state index contributed by atoms with van der Waals surface area (Å²) in [4.78, 5) is 3.62. The van der Waals surface area contributed by atoms with Crippen molar-refractivity contribution in [2.45, 2.75) is 24.0 Å². The third-order valence-electron chi connectivity index (χ3n) is 1.98. The molecule has 1 aliphatic rings. The lowest BCUT2D eigenvalue weighted by molar-refractivity contribution is 0.303. The zero-order chi connectivity index (χ0) is 11.1. The number of hydrogen-bond acceptors (Lipinski definition) is 5. The molecule has 2 rings (SSSR count). The number of hydrogen-bond donors (Lipinski definition) is 2. The molecular formula is C8H11N3O3S. The van der Waals surface area contributed by atoms with Gasteiger partial charge in [0.05, 0.1) is 18.0 Å². The number of sulfonamides is 1. The first-order valence-corrected chi connectivity index (χ1v) is 5.96. The van der Waals surface area contributed by atoms with Gasteiger partial charge in [-0.15, -0.1) is 0 Å². The number of ether oxygens (including phenoxy) is 1. The molecule has 1 fully saturated rings. The number of nitrogens with two attached hydrogens (primary N) is 2. The fourth-order valence-electron chi connectivity index (χ4n) is 1.05. The molecule has 1 heterocycles. The maximum atomic E-state index is 11.0. The summed E-state index contributed by atoms with van der Waals surface area (Å²) in [5.74, 6) is 0.330. The number of primary sulfonamides is 1. The topological polar surface area (TPSA) is 108 Å². The van der Waals surface area contributed by atoms with Crippen LogP contribution in [0.3, 0.4) is 0 Å². The summed E-state index contributed by atoms with van der Waals surface area (Å²) in [5.41, 5.74) is 5.90. The average molecular weight is 229 g/mol. The number of aromatic nitrogens is 1. The molecule has 1 saturated carbocycles. The van der Waals surface area contributed by atoms with Crippen molar-refractivity contribution in [3.05, 3.63) is 12.3 Å². The Kier molecular flexibility index (Phi) is 2.28. The van der Waals surface area contributed by atoms with Crippen molar-refractivity contribution in [2.24, 2.45) is 5.14 Å². The lowest BCUT2D eigenvalue weighted by atomic mass is 10.4. The highest BCUT2D eigenvalue weighted by molar-refractivity contribution is 7.89. The molecule has 0 spiro atoms. The van der Waals surface area contributed by atoms with Crippen molar-refractivity contribution in [1.82, 2.24) is 4.98 Å². The quantitative estimate of drug-likeness (QED) is 0.749. The molecule has 4 N–H and O–H groups in total. The van der Waals surface area contributed by atoms with Gasteiger partial charge in [0.15, 0.2) is 5.03 Å². The number of rotatable bonds is 3. The standard InChI is InChI=1S/C8H11N3O3S/c9-6-4-11-8(15(10,12)13)3-7(6)14-5-1-2-5/h3-5H,1-2,9H2,(H2,10,12,13). The van der Waals surface area contributed by atoms with Gasteiger partial charge in [-0.05, 0) is 12.8 Å². The van der Waals surface area contributed by atoms with Crippen LogP contribution >= 0.6 is 0 Å². The normalized spacial score (nSPS) is 16.3. The third-order valence-corrected chi connectivity index (χ3v) is 2.79. The molecule has 0 atom stereocenters. The largest absolute Gasteiger partial charge is 0.488 e. The molecular weight excluding hydrogens is 218 g/mol. The lowest BCUT2D eigenvalue weighted by Gasteiger charge is -2.08. The predicted octanol–water partition coefficient (Wildman–Crippen LogP) is -0.148. The molecule has 0 bridgehead atoms. The summed E-state index contributed by atoms with van der Waals surface area (Å²) >= 11 is 0. The second-order valence-corrected chi connectivity index (χ2v) is 4.93. The van der Waals surface area contributed by atoms with Gasteiger partial charge in [0, 0.05) is 6.07 Å². The molecule has 0 unspecified atom stereocenters. The van der Waals surface area contributed by atoms with Crippen LogP contribution in [0, 0.1) is 0 Å². The highest BCUT2D eigenvalue weighted by atomic mass is 32.2. The van der Waals surface area contributed by atoms with E-state index in [2.05, 4.69) is 4.98 Å². The van der Waals surface area contributed by atoms with Gasteiger partial charge in [-0.2, -0.15) is 0 Å². The molecule has 1 aliphatic carbocycles. The maximum absolute atomic E-state index is 11.0. The van der Waals surface area contributed by atoms with E-state index in [1.54, 1.807) is 0 Å². The minimum atomic E-state index is -3.80. The Hall–Kier alpha value is -1.34. The Morgan fingerprint density at radius 3 is 2.67 bits per heavy atom. The Balaban J connectivity index is 2.35. The van der Waals surface area contributed by atoms with Gasteiger partial charge in [0.2, 0.25) is 0 Å². The molecule has 6 nitrogen and oxygen atoms in total. The van der Waals surface area contributed by atoms with Crippen molar-refractivity contribution in [2.75, 3.05) is 5.73 Å². The second kappa shape index (κ2) is 3.35. The zero-order valence-corrected chi connectivity index (χ0v) is 8.70. The average Bonchev–Trinajstić information content (AvgIpc) is 2.90. The SMILES string of the molecule is Nc1cnc(S(N)(=O)=O)cc1OC1CC1. The van der Waals surface area contributed by atoms with E-state index in [9.17, 15) is 8.42 Å². The van der Waals surface area contributed by atoms with Crippen LogP contribution in [-0.2, 0) is 10.0 Å². The summed E-state index contributed by atoms with van der Waals surface area (Å²) in [6.07, 6.45) is 3.30. The van der Waals surface area contributed by atoms with Gasteiger partial charge in [-0.3, -0.25) is 0 Å². The van der Waals surface area contributed by atoms with Crippen LogP contribution in [0.15, 0.2) is 17.3 Å². The minimum absolute atomic E-state index is 0.142. The molecule has 0 aromatic carbocycles. The van der Waals surface area contributed by atoms with E-state index in [0.717, 1.165) is 12.8 Å². The van der Waals surface area contributed by atoms with Crippen LogP contribution in [0.5, 0.6) is 5.75 Å². The fourth-order valence-corrected chi connectivity index (χ4v) is 1.52. The van der Waals surface area contributed by atoms with Crippen LogP contribution in [-0.4, -0.2) is 19.5 Å². The number of nitrogen functional groups attached to an aromatic ring is 1. The van der Waals surface area contributed by atoms with E-state index < -0.39 is 10.0 Å². The van der Waals surface area contributed by atoms with E-state index in [1.807, 2.05) is 0 Å². The maximum Gasteiger partial charge on any atom is 0.255 e. The van der Waals surface area contributed by atoms with Crippen molar-refractivity contribution >= 4 is 15.7 Å². The van der Waals surface area contributed by atoms with Gasteiger partial charge >= 0.3 is 0 Å². The Morgan fingerprint density at radius 2 is 2.13 bits per heavy atom. The summed E-state index contributed by atoms with van der Waals surface area (Å²) < 4.78 is 27.4. The molecule has 0 amide bonds. The Bertz CT molecular complexity index is 482. The van der Waals surface area contributed by atoms with Crippen molar-refractivity contribution < 1.29 is 13.2 Å². The molecule has 15 heavy (non-hydrogen) atoms. The first-order valence-electron chi connectivity index (χ1n) is 4.42. The van der Waals surface area contributed by atoms with Gasteiger partial charge in [0.25, 0.3) is 10.0 Å². The molecule has 7 heteroatoms. The van der Waals surface area contributed by atoms with Crippen molar-refractivity contribution in [3.8, 4) is 5.75 Å². The summed E-state index contributed by atoms with van der Waals surface area (Å²) in [6, 6.07) is 1.25. The van der Waals surface area contributed by atoms with Crippen LogP contribution in [0.4, 0.5) is 5.69 Å². The first kappa shape index (κ1) is 10.2. The smallest absolute Gasteiger partial charge is 0.255 e. The molecule has 1 aromatic rings.